The van der Waals surface area contributed by atoms with Crippen LogP contribution in [0.15, 0.2) is 51.9 Å². The van der Waals surface area contributed by atoms with Crippen LogP contribution in [0.1, 0.15) is 44.3 Å². The van der Waals surface area contributed by atoms with Crippen LogP contribution in [0.5, 0.6) is 0 Å². The van der Waals surface area contributed by atoms with Gasteiger partial charge in [0.15, 0.2) is 0 Å². The maximum atomic E-state index is 13.2. The molecule has 176 valence electrons. The number of carbonyl (C=O) groups is 2. The largest absolute Gasteiger partial charge is 0.467 e. The molecule has 0 spiro atoms. The lowest BCUT2D eigenvalue weighted by molar-refractivity contribution is -0.146. The maximum absolute atomic E-state index is 13.2. The zero-order valence-corrected chi connectivity index (χ0v) is 19.2. The molecule has 1 amide bonds. The maximum Gasteiger partial charge on any atom is 0.306 e. The summed E-state index contributed by atoms with van der Waals surface area (Å²) in [6.07, 6.45) is 1.47. The second kappa shape index (κ2) is 11.4. The van der Waals surface area contributed by atoms with Gasteiger partial charge in [-0.05, 0) is 38.1 Å². The number of benzene rings is 1. The van der Waals surface area contributed by atoms with Crippen LogP contribution >= 0.6 is 0 Å². The van der Waals surface area contributed by atoms with Crippen LogP contribution in [-0.4, -0.2) is 46.7 Å². The third-order valence-corrected chi connectivity index (χ3v) is 5.33. The Bertz CT molecular complexity index is 1140. The van der Waals surface area contributed by atoms with E-state index in [-0.39, 0.29) is 37.5 Å². The van der Waals surface area contributed by atoms with Gasteiger partial charge in [-0.15, -0.1) is 0 Å². The van der Waals surface area contributed by atoms with Crippen molar-refractivity contribution in [1.29, 1.82) is 0 Å². The molecule has 0 N–H and O–H groups in total. The molecule has 0 aliphatic carbocycles. The normalized spacial score (nSPS) is 12.0. The molecule has 1 aromatic carbocycles. The van der Waals surface area contributed by atoms with Crippen molar-refractivity contribution in [2.45, 2.75) is 45.8 Å². The first kappa shape index (κ1) is 24.2. The van der Waals surface area contributed by atoms with E-state index < -0.39 is 12.0 Å². The first-order chi connectivity index (χ1) is 16.0. The Labute approximate surface area is 191 Å². The van der Waals surface area contributed by atoms with Crippen molar-refractivity contribution in [3.8, 4) is 0 Å². The van der Waals surface area contributed by atoms with Crippen molar-refractivity contribution in [2.24, 2.45) is 0 Å². The third kappa shape index (κ3) is 5.87. The van der Waals surface area contributed by atoms with Crippen molar-refractivity contribution in [1.82, 2.24) is 14.5 Å². The molecule has 3 rings (SSSR count). The molecule has 0 bridgehead atoms. The topological polar surface area (TPSA) is 104 Å². The lowest BCUT2D eigenvalue weighted by atomic mass is 10.1. The molecule has 33 heavy (non-hydrogen) atoms. The molecule has 0 radical (unpaired) electrons. The summed E-state index contributed by atoms with van der Waals surface area (Å²) in [5.74, 6) is 0.314. The predicted molar refractivity (Wildman–Crippen MR) is 121 cm³/mol. The minimum absolute atomic E-state index is 0.0280. The summed E-state index contributed by atoms with van der Waals surface area (Å²) in [5.41, 5.74) is 0.353. The number of carbonyl (C=O) groups excluding carboxylic acids is 2. The minimum Gasteiger partial charge on any atom is -0.467 e. The number of fused-ring (bicyclic) bond motifs is 1. The van der Waals surface area contributed by atoms with E-state index in [1.807, 2.05) is 13.0 Å². The second-order valence-corrected chi connectivity index (χ2v) is 7.52. The molecular weight excluding hydrogens is 426 g/mol. The van der Waals surface area contributed by atoms with Crippen LogP contribution in [0.4, 0.5) is 0 Å². The van der Waals surface area contributed by atoms with E-state index in [2.05, 4.69) is 0 Å². The Morgan fingerprint density at radius 2 is 1.97 bits per heavy atom. The van der Waals surface area contributed by atoms with Crippen LogP contribution in [0.2, 0.25) is 0 Å². The van der Waals surface area contributed by atoms with Crippen molar-refractivity contribution < 1.29 is 23.5 Å². The molecule has 0 aliphatic heterocycles. The summed E-state index contributed by atoms with van der Waals surface area (Å²) >= 11 is 0. The van der Waals surface area contributed by atoms with Crippen LogP contribution in [0, 0.1) is 0 Å². The second-order valence-electron chi connectivity index (χ2n) is 7.52. The van der Waals surface area contributed by atoms with Gasteiger partial charge < -0.3 is 18.8 Å². The number of amides is 1. The number of para-hydroxylation sites is 1. The van der Waals surface area contributed by atoms with Crippen LogP contribution in [0.3, 0.4) is 0 Å². The minimum atomic E-state index is -0.570. The van der Waals surface area contributed by atoms with Gasteiger partial charge in [0, 0.05) is 13.5 Å². The molecule has 9 nitrogen and oxygen atoms in total. The molecule has 0 saturated carbocycles. The first-order valence-corrected chi connectivity index (χ1v) is 10.9. The van der Waals surface area contributed by atoms with E-state index in [0.717, 1.165) is 0 Å². The van der Waals surface area contributed by atoms with Crippen molar-refractivity contribution in [2.75, 3.05) is 20.3 Å². The fourth-order valence-electron chi connectivity index (χ4n) is 3.64. The summed E-state index contributed by atoms with van der Waals surface area (Å²) in [7, 11) is 1.56. The molecule has 0 fully saturated rings. The van der Waals surface area contributed by atoms with Crippen molar-refractivity contribution in [3.05, 3.63) is 64.6 Å². The molecule has 0 aliphatic rings. The van der Waals surface area contributed by atoms with E-state index in [1.165, 1.54) is 6.26 Å². The smallest absolute Gasteiger partial charge is 0.306 e. The van der Waals surface area contributed by atoms with E-state index in [0.29, 0.717) is 35.6 Å². The zero-order chi connectivity index (χ0) is 23.8. The fourth-order valence-corrected chi connectivity index (χ4v) is 3.64. The van der Waals surface area contributed by atoms with Gasteiger partial charge in [0.1, 0.15) is 11.6 Å². The number of esters is 1. The van der Waals surface area contributed by atoms with Gasteiger partial charge in [0.05, 0.1) is 55.9 Å². The van der Waals surface area contributed by atoms with Crippen LogP contribution in [0.25, 0.3) is 10.9 Å². The number of hydrogen-bond donors (Lipinski definition) is 0. The molecule has 1 atom stereocenters. The Hall–Kier alpha value is -3.46. The van der Waals surface area contributed by atoms with E-state index in [4.69, 9.17) is 18.9 Å². The average Bonchev–Trinajstić information content (AvgIpc) is 3.33. The highest BCUT2D eigenvalue weighted by atomic mass is 16.5. The summed E-state index contributed by atoms with van der Waals surface area (Å²) < 4.78 is 17.1. The van der Waals surface area contributed by atoms with Crippen LogP contribution in [-0.2, 0) is 32.2 Å². The molecule has 9 heteroatoms. The third-order valence-electron chi connectivity index (χ3n) is 5.33. The summed E-state index contributed by atoms with van der Waals surface area (Å²) in [6, 6.07) is 10.0. The van der Waals surface area contributed by atoms with Crippen LogP contribution < -0.4 is 5.56 Å². The quantitative estimate of drug-likeness (QED) is 0.409. The van der Waals surface area contributed by atoms with Crippen molar-refractivity contribution in [3.63, 3.8) is 0 Å². The Morgan fingerprint density at radius 3 is 2.67 bits per heavy atom. The summed E-state index contributed by atoms with van der Waals surface area (Å²) in [5, 5.41) is 0.496. The number of methoxy groups -OCH3 is 1. The van der Waals surface area contributed by atoms with Gasteiger partial charge in [-0.2, -0.15) is 0 Å². The molecule has 2 heterocycles. The number of rotatable bonds is 11. The number of ether oxygens (including phenoxy) is 2. The Balaban J connectivity index is 2.00. The fraction of sp³-hybridized carbons (Fsp3) is 0.417. The lowest BCUT2D eigenvalue weighted by Gasteiger charge is -2.30. The predicted octanol–water partition coefficient (Wildman–Crippen LogP) is 3.07. The number of aromatic nitrogens is 2. The highest BCUT2D eigenvalue weighted by Crippen LogP contribution is 2.24. The van der Waals surface area contributed by atoms with Gasteiger partial charge >= 0.3 is 5.97 Å². The number of nitrogens with zero attached hydrogens (tertiary/aromatic N) is 3. The van der Waals surface area contributed by atoms with Gasteiger partial charge in [-0.25, -0.2) is 4.98 Å². The summed E-state index contributed by atoms with van der Waals surface area (Å²) in [6.45, 7) is 4.56. The molecular formula is C24H29N3O6. The SMILES string of the molecule is CCOC(=O)CCC(=O)N(Cc1ccco1)C(C)c1nc2ccccc2c(=O)n1CCOC. The lowest BCUT2D eigenvalue weighted by Crippen LogP contribution is -2.38. The molecule has 0 saturated heterocycles. The van der Waals surface area contributed by atoms with E-state index in [1.54, 1.807) is 53.8 Å². The van der Waals surface area contributed by atoms with Gasteiger partial charge in [0.25, 0.3) is 5.56 Å². The van der Waals surface area contributed by atoms with Crippen molar-refractivity contribution >= 4 is 22.8 Å². The van der Waals surface area contributed by atoms with E-state index >= 15 is 0 Å². The molecule has 2 aromatic heterocycles. The highest BCUT2D eigenvalue weighted by Gasteiger charge is 2.27. The Kier molecular flexibility index (Phi) is 8.37. The first-order valence-electron chi connectivity index (χ1n) is 10.9. The number of furan rings is 1. The number of hydrogen-bond acceptors (Lipinski definition) is 7. The highest BCUT2D eigenvalue weighted by molar-refractivity contribution is 5.82. The zero-order valence-electron chi connectivity index (χ0n) is 19.2. The standard InChI is InChI=1S/C24H29N3O6/c1-4-32-22(29)12-11-21(28)27(16-18-8-7-14-33-18)17(2)23-25-20-10-6-5-9-19(20)24(30)26(23)13-15-31-3/h5-10,14,17H,4,11-13,15-16H2,1-3H3. The Morgan fingerprint density at radius 1 is 1.18 bits per heavy atom. The average molecular weight is 456 g/mol. The molecule has 3 aromatic rings. The van der Waals surface area contributed by atoms with E-state index in [9.17, 15) is 14.4 Å². The van der Waals surface area contributed by atoms with Gasteiger partial charge in [0.2, 0.25) is 5.91 Å². The van der Waals surface area contributed by atoms with Gasteiger partial charge in [-0.3, -0.25) is 19.0 Å². The monoisotopic (exact) mass is 455 g/mol. The molecule has 1 unspecified atom stereocenters. The van der Waals surface area contributed by atoms with Gasteiger partial charge in [-0.1, -0.05) is 12.1 Å². The summed E-state index contributed by atoms with van der Waals surface area (Å²) in [4.78, 5) is 44.6.